The number of carbonyl (C=O) groups excluding carboxylic acids is 2. The Morgan fingerprint density at radius 3 is 2.47 bits per heavy atom. The van der Waals surface area contributed by atoms with Crippen LogP contribution in [0.25, 0.3) is 0 Å². The van der Waals surface area contributed by atoms with Gasteiger partial charge in [0.25, 0.3) is 0 Å². The standard InChI is InChI=1S/C14H17FN2O2/c1-9-4-13(18)17(14(19)5-9)8-11-6-12(15)3-2-10(11)7-16/h2-3,6,9H,4-5,7-8,16H2,1H3. The summed E-state index contributed by atoms with van der Waals surface area (Å²) < 4.78 is 13.3. The van der Waals surface area contributed by atoms with Crippen molar-refractivity contribution in [1.29, 1.82) is 0 Å². The number of hydrogen-bond donors (Lipinski definition) is 1. The molecule has 0 radical (unpaired) electrons. The average Bonchev–Trinajstić information content (AvgIpc) is 2.34. The first-order valence-corrected chi connectivity index (χ1v) is 6.32. The highest BCUT2D eigenvalue weighted by atomic mass is 19.1. The number of hydrogen-bond acceptors (Lipinski definition) is 3. The molecule has 0 spiro atoms. The van der Waals surface area contributed by atoms with Gasteiger partial charge in [-0.25, -0.2) is 4.39 Å². The normalized spacial score (nSPS) is 17.1. The van der Waals surface area contributed by atoms with Gasteiger partial charge in [0.05, 0.1) is 6.54 Å². The fraction of sp³-hybridized carbons (Fsp3) is 0.429. The van der Waals surface area contributed by atoms with Crippen LogP contribution >= 0.6 is 0 Å². The lowest BCUT2D eigenvalue weighted by atomic mass is 9.96. The summed E-state index contributed by atoms with van der Waals surface area (Å²) in [4.78, 5) is 25.0. The maximum atomic E-state index is 13.3. The van der Waals surface area contributed by atoms with E-state index in [2.05, 4.69) is 0 Å². The lowest BCUT2D eigenvalue weighted by Gasteiger charge is -2.28. The quantitative estimate of drug-likeness (QED) is 0.843. The number of rotatable bonds is 3. The zero-order valence-corrected chi connectivity index (χ0v) is 10.9. The largest absolute Gasteiger partial charge is 0.326 e. The van der Waals surface area contributed by atoms with Gasteiger partial charge in [0.15, 0.2) is 0 Å². The maximum absolute atomic E-state index is 13.3. The number of carbonyl (C=O) groups is 2. The number of piperidine rings is 1. The van der Waals surface area contributed by atoms with Crippen molar-refractivity contribution in [3.05, 3.63) is 35.1 Å². The molecule has 1 aromatic carbocycles. The summed E-state index contributed by atoms with van der Waals surface area (Å²) in [6, 6.07) is 4.25. The van der Waals surface area contributed by atoms with E-state index in [1.54, 1.807) is 6.07 Å². The summed E-state index contributed by atoms with van der Waals surface area (Å²) in [6.45, 7) is 2.23. The van der Waals surface area contributed by atoms with Crippen LogP contribution in [0, 0.1) is 11.7 Å². The Labute approximate surface area is 111 Å². The monoisotopic (exact) mass is 264 g/mol. The molecular formula is C14H17FN2O2. The van der Waals surface area contributed by atoms with E-state index in [-0.39, 0.29) is 30.8 Å². The van der Waals surface area contributed by atoms with E-state index < -0.39 is 5.82 Å². The molecule has 0 atom stereocenters. The minimum atomic E-state index is -0.391. The molecule has 0 aliphatic carbocycles. The molecule has 1 heterocycles. The Morgan fingerprint density at radius 2 is 1.89 bits per heavy atom. The average molecular weight is 264 g/mol. The number of likely N-dealkylation sites (tertiary alicyclic amines) is 1. The van der Waals surface area contributed by atoms with E-state index in [9.17, 15) is 14.0 Å². The van der Waals surface area contributed by atoms with Crippen LogP contribution in [0.3, 0.4) is 0 Å². The first-order valence-electron chi connectivity index (χ1n) is 6.32. The van der Waals surface area contributed by atoms with Crippen LogP contribution in [0.5, 0.6) is 0 Å². The smallest absolute Gasteiger partial charge is 0.229 e. The van der Waals surface area contributed by atoms with Crippen LogP contribution in [0.15, 0.2) is 18.2 Å². The molecule has 1 fully saturated rings. The van der Waals surface area contributed by atoms with Crippen molar-refractivity contribution in [2.75, 3.05) is 0 Å². The Bertz CT molecular complexity index is 498. The predicted molar refractivity (Wildman–Crippen MR) is 68.2 cm³/mol. The van der Waals surface area contributed by atoms with Crippen molar-refractivity contribution < 1.29 is 14.0 Å². The molecule has 102 valence electrons. The number of imide groups is 1. The predicted octanol–water partition coefficient (Wildman–Crippen LogP) is 1.57. The molecule has 2 amide bonds. The number of halogens is 1. The molecule has 0 saturated carbocycles. The van der Waals surface area contributed by atoms with E-state index in [4.69, 9.17) is 5.73 Å². The minimum Gasteiger partial charge on any atom is -0.326 e. The zero-order chi connectivity index (χ0) is 14.0. The fourth-order valence-corrected chi connectivity index (χ4v) is 2.32. The van der Waals surface area contributed by atoms with E-state index in [0.29, 0.717) is 18.4 Å². The van der Waals surface area contributed by atoms with Crippen LogP contribution in [-0.2, 0) is 22.7 Å². The summed E-state index contributed by atoms with van der Waals surface area (Å²) >= 11 is 0. The van der Waals surface area contributed by atoms with Crippen LogP contribution in [0.4, 0.5) is 4.39 Å². The fourth-order valence-electron chi connectivity index (χ4n) is 2.32. The summed E-state index contributed by atoms with van der Waals surface area (Å²) in [6.07, 6.45) is 0.720. The minimum absolute atomic E-state index is 0.0812. The molecule has 1 saturated heterocycles. The third kappa shape index (κ3) is 2.98. The van der Waals surface area contributed by atoms with Gasteiger partial charge in [0.1, 0.15) is 5.82 Å². The molecule has 5 heteroatoms. The van der Waals surface area contributed by atoms with Crippen LogP contribution < -0.4 is 5.73 Å². The molecular weight excluding hydrogens is 247 g/mol. The molecule has 19 heavy (non-hydrogen) atoms. The Hall–Kier alpha value is -1.75. The molecule has 1 aromatic rings. The third-order valence-electron chi connectivity index (χ3n) is 3.36. The van der Waals surface area contributed by atoms with Crippen LogP contribution in [0.1, 0.15) is 30.9 Å². The van der Waals surface area contributed by atoms with Crippen molar-refractivity contribution in [2.45, 2.75) is 32.9 Å². The van der Waals surface area contributed by atoms with E-state index in [1.807, 2.05) is 6.92 Å². The molecule has 0 bridgehead atoms. The maximum Gasteiger partial charge on any atom is 0.229 e. The number of amides is 2. The van der Waals surface area contributed by atoms with Gasteiger partial charge in [-0.15, -0.1) is 0 Å². The molecule has 0 aromatic heterocycles. The van der Waals surface area contributed by atoms with Crippen molar-refractivity contribution in [2.24, 2.45) is 11.7 Å². The topological polar surface area (TPSA) is 63.4 Å². The first-order chi connectivity index (χ1) is 9.01. The zero-order valence-electron chi connectivity index (χ0n) is 10.9. The summed E-state index contributed by atoms with van der Waals surface area (Å²) in [5, 5.41) is 0. The van der Waals surface area contributed by atoms with Crippen molar-refractivity contribution >= 4 is 11.8 Å². The summed E-state index contributed by atoms with van der Waals surface area (Å²) in [5.41, 5.74) is 6.93. The van der Waals surface area contributed by atoms with E-state index in [1.165, 1.54) is 17.0 Å². The third-order valence-corrected chi connectivity index (χ3v) is 3.36. The van der Waals surface area contributed by atoms with Gasteiger partial charge in [-0.05, 0) is 29.2 Å². The molecule has 1 aliphatic heterocycles. The van der Waals surface area contributed by atoms with Gasteiger partial charge < -0.3 is 5.73 Å². The Balaban J connectivity index is 2.23. The highest BCUT2D eigenvalue weighted by molar-refractivity contribution is 5.97. The lowest BCUT2D eigenvalue weighted by molar-refractivity contribution is -0.150. The Kier molecular flexibility index (Phi) is 3.95. The number of nitrogens with two attached hydrogens (primary N) is 1. The second-order valence-electron chi connectivity index (χ2n) is 5.00. The molecule has 1 aliphatic rings. The lowest BCUT2D eigenvalue weighted by Crippen LogP contribution is -2.42. The van der Waals surface area contributed by atoms with Gasteiger partial charge in [-0.2, -0.15) is 0 Å². The second-order valence-corrected chi connectivity index (χ2v) is 5.00. The van der Waals surface area contributed by atoms with Crippen LogP contribution in [0.2, 0.25) is 0 Å². The molecule has 2 N–H and O–H groups in total. The van der Waals surface area contributed by atoms with Gasteiger partial charge in [-0.1, -0.05) is 13.0 Å². The van der Waals surface area contributed by atoms with Gasteiger partial charge >= 0.3 is 0 Å². The summed E-state index contributed by atoms with van der Waals surface area (Å²) in [7, 11) is 0. The van der Waals surface area contributed by atoms with Crippen molar-refractivity contribution in [3.63, 3.8) is 0 Å². The first kappa shape index (κ1) is 13.7. The molecule has 4 nitrogen and oxygen atoms in total. The van der Waals surface area contributed by atoms with Crippen molar-refractivity contribution in [3.8, 4) is 0 Å². The van der Waals surface area contributed by atoms with Gasteiger partial charge in [-0.3, -0.25) is 14.5 Å². The highest BCUT2D eigenvalue weighted by Gasteiger charge is 2.30. The van der Waals surface area contributed by atoms with Crippen molar-refractivity contribution in [1.82, 2.24) is 4.90 Å². The van der Waals surface area contributed by atoms with Gasteiger partial charge in [0.2, 0.25) is 11.8 Å². The molecule has 0 unspecified atom stereocenters. The second kappa shape index (κ2) is 5.48. The number of nitrogens with zero attached hydrogens (tertiary/aromatic N) is 1. The number of benzene rings is 1. The summed E-state index contributed by atoms with van der Waals surface area (Å²) in [5.74, 6) is -0.706. The Morgan fingerprint density at radius 1 is 1.26 bits per heavy atom. The van der Waals surface area contributed by atoms with Gasteiger partial charge in [0, 0.05) is 19.4 Å². The highest BCUT2D eigenvalue weighted by Crippen LogP contribution is 2.22. The SMILES string of the molecule is CC1CC(=O)N(Cc2cc(F)ccc2CN)C(=O)C1. The van der Waals surface area contributed by atoms with Crippen LogP contribution in [-0.4, -0.2) is 16.7 Å². The van der Waals surface area contributed by atoms with E-state index >= 15 is 0 Å². The van der Waals surface area contributed by atoms with E-state index in [0.717, 1.165) is 5.56 Å². The molecule has 2 rings (SSSR count).